The van der Waals surface area contributed by atoms with Gasteiger partial charge in [-0.05, 0) is 26.0 Å². The van der Waals surface area contributed by atoms with E-state index in [2.05, 4.69) is 5.32 Å². The Balaban J connectivity index is 2.36. The highest BCUT2D eigenvalue weighted by atomic mass is 19.1. The second-order valence-corrected chi connectivity index (χ2v) is 6.06. The van der Waals surface area contributed by atoms with Gasteiger partial charge in [-0.2, -0.15) is 0 Å². The third-order valence-corrected chi connectivity index (χ3v) is 3.67. The topological polar surface area (TPSA) is 98.5 Å². The number of rotatable bonds is 7. The number of amides is 1. The number of hydrogen-bond acceptors (Lipinski definition) is 5. The smallest absolute Gasteiger partial charge is 0.308 e. The zero-order chi connectivity index (χ0) is 20.0. The largest absolute Gasteiger partial charge is 0.463 e. The second kappa shape index (κ2) is 8.88. The lowest BCUT2D eigenvalue weighted by molar-refractivity contribution is -0.385. The van der Waals surface area contributed by atoms with Gasteiger partial charge in [0.2, 0.25) is 0 Å². The van der Waals surface area contributed by atoms with Crippen molar-refractivity contribution < 1.29 is 23.6 Å². The number of nitrogens with one attached hydrogen (secondary N) is 1. The van der Waals surface area contributed by atoms with Crippen LogP contribution in [-0.4, -0.2) is 22.9 Å². The number of nitro groups is 1. The van der Waals surface area contributed by atoms with Crippen LogP contribution in [0.5, 0.6) is 0 Å². The van der Waals surface area contributed by atoms with Crippen LogP contribution in [0.15, 0.2) is 48.5 Å². The van der Waals surface area contributed by atoms with E-state index < -0.39 is 28.7 Å². The molecule has 0 radical (unpaired) electrons. The van der Waals surface area contributed by atoms with Gasteiger partial charge in [-0.3, -0.25) is 19.7 Å². The molecule has 0 aliphatic rings. The molecule has 2 rings (SSSR count). The minimum Gasteiger partial charge on any atom is -0.463 e. The zero-order valence-corrected chi connectivity index (χ0v) is 14.8. The van der Waals surface area contributed by atoms with Crippen molar-refractivity contribution >= 4 is 17.6 Å². The van der Waals surface area contributed by atoms with Gasteiger partial charge < -0.3 is 10.1 Å². The van der Waals surface area contributed by atoms with Crippen molar-refractivity contribution in [3.05, 3.63) is 75.6 Å². The molecule has 2 aromatic carbocycles. The quantitative estimate of drug-likeness (QED) is 0.454. The first-order chi connectivity index (χ1) is 12.8. The van der Waals surface area contributed by atoms with Crippen LogP contribution in [0.1, 0.15) is 42.2 Å². The van der Waals surface area contributed by atoms with E-state index in [1.54, 1.807) is 19.9 Å². The van der Waals surface area contributed by atoms with Crippen LogP contribution in [0.2, 0.25) is 0 Å². The van der Waals surface area contributed by atoms with Gasteiger partial charge in [0, 0.05) is 6.07 Å². The van der Waals surface area contributed by atoms with E-state index in [0.717, 1.165) is 6.07 Å². The SMILES string of the molecule is CC(C)OC(=O)CC(NC(=O)c1ccccc1F)c1ccccc1[N+](=O)[O-]. The maximum absolute atomic E-state index is 13.9. The number of nitrogens with zero attached hydrogens (tertiary/aromatic N) is 1. The first-order valence-corrected chi connectivity index (χ1v) is 8.27. The van der Waals surface area contributed by atoms with Crippen molar-refractivity contribution in [3.8, 4) is 0 Å². The molecular formula is C19H19FN2O5. The van der Waals surface area contributed by atoms with Gasteiger partial charge in [0.05, 0.1) is 34.6 Å². The van der Waals surface area contributed by atoms with Gasteiger partial charge in [-0.25, -0.2) is 4.39 Å². The average molecular weight is 374 g/mol. The number of halogens is 1. The van der Waals surface area contributed by atoms with E-state index in [0.29, 0.717) is 0 Å². The number of carbonyl (C=O) groups excluding carboxylic acids is 2. The summed E-state index contributed by atoms with van der Waals surface area (Å²) in [4.78, 5) is 35.3. The van der Waals surface area contributed by atoms with E-state index in [1.807, 2.05) is 0 Å². The molecule has 0 spiro atoms. The minimum atomic E-state index is -1.05. The standard InChI is InChI=1S/C19H19FN2O5/c1-12(2)27-18(23)11-16(14-8-4-6-10-17(14)22(25)26)21-19(24)13-7-3-5-9-15(13)20/h3-10,12,16H,11H2,1-2H3,(H,21,24). The van der Waals surface area contributed by atoms with Gasteiger partial charge in [0.15, 0.2) is 0 Å². The highest BCUT2D eigenvalue weighted by molar-refractivity contribution is 5.95. The van der Waals surface area contributed by atoms with Crippen LogP contribution in [0.4, 0.5) is 10.1 Å². The van der Waals surface area contributed by atoms with E-state index in [4.69, 9.17) is 4.74 Å². The number of hydrogen-bond donors (Lipinski definition) is 1. The average Bonchev–Trinajstić information content (AvgIpc) is 2.60. The fourth-order valence-corrected chi connectivity index (χ4v) is 2.55. The third kappa shape index (κ3) is 5.34. The Labute approximate surface area is 155 Å². The van der Waals surface area contributed by atoms with E-state index >= 15 is 0 Å². The van der Waals surface area contributed by atoms with Gasteiger partial charge >= 0.3 is 5.97 Å². The van der Waals surface area contributed by atoms with Crippen molar-refractivity contribution in [1.82, 2.24) is 5.32 Å². The van der Waals surface area contributed by atoms with Crippen LogP contribution in [-0.2, 0) is 9.53 Å². The summed E-state index contributed by atoms with van der Waals surface area (Å²) in [5, 5.41) is 13.8. The van der Waals surface area contributed by atoms with Crippen LogP contribution in [0, 0.1) is 15.9 Å². The normalized spacial score (nSPS) is 11.7. The summed E-state index contributed by atoms with van der Waals surface area (Å²) in [7, 11) is 0. The van der Waals surface area contributed by atoms with Crippen LogP contribution in [0.25, 0.3) is 0 Å². The first-order valence-electron chi connectivity index (χ1n) is 8.27. The lowest BCUT2D eigenvalue weighted by atomic mass is 10.0. The molecule has 1 amide bonds. The summed E-state index contributed by atoms with van der Waals surface area (Å²) in [5.41, 5.74) is -0.347. The van der Waals surface area contributed by atoms with Crippen molar-refractivity contribution in [1.29, 1.82) is 0 Å². The van der Waals surface area contributed by atoms with E-state index in [-0.39, 0.29) is 29.3 Å². The summed E-state index contributed by atoms with van der Waals surface area (Å²) in [6, 6.07) is 10.0. The summed E-state index contributed by atoms with van der Waals surface area (Å²) < 4.78 is 19.0. The predicted molar refractivity (Wildman–Crippen MR) is 95.5 cm³/mol. The molecule has 0 aromatic heterocycles. The van der Waals surface area contributed by atoms with Crippen molar-refractivity contribution in [2.24, 2.45) is 0 Å². The van der Waals surface area contributed by atoms with E-state index in [1.165, 1.54) is 36.4 Å². The molecular weight excluding hydrogens is 355 g/mol. The summed E-state index contributed by atoms with van der Waals surface area (Å²) in [6.45, 7) is 3.33. The third-order valence-electron chi connectivity index (χ3n) is 3.67. The predicted octanol–water partition coefficient (Wildman–Crippen LogP) is 3.55. The molecule has 1 atom stereocenters. The number of nitro benzene ring substituents is 1. The molecule has 7 nitrogen and oxygen atoms in total. The second-order valence-electron chi connectivity index (χ2n) is 6.06. The molecule has 0 aliphatic heterocycles. The van der Waals surface area contributed by atoms with Crippen molar-refractivity contribution in [3.63, 3.8) is 0 Å². The fourth-order valence-electron chi connectivity index (χ4n) is 2.55. The number of benzene rings is 2. The summed E-state index contributed by atoms with van der Waals surface area (Å²) in [5.74, 6) is -2.16. The van der Waals surface area contributed by atoms with E-state index in [9.17, 15) is 24.1 Å². The van der Waals surface area contributed by atoms with Crippen molar-refractivity contribution in [2.75, 3.05) is 0 Å². The molecule has 1 unspecified atom stereocenters. The maximum atomic E-state index is 13.9. The van der Waals surface area contributed by atoms with Gasteiger partial charge in [0.25, 0.3) is 11.6 Å². The Morgan fingerprint density at radius 1 is 1.15 bits per heavy atom. The lowest BCUT2D eigenvalue weighted by Gasteiger charge is -2.19. The van der Waals surface area contributed by atoms with Gasteiger partial charge in [0.1, 0.15) is 5.82 Å². The molecule has 0 fully saturated rings. The highest BCUT2D eigenvalue weighted by Gasteiger charge is 2.27. The number of para-hydroxylation sites is 1. The molecule has 2 aromatic rings. The number of esters is 1. The molecule has 1 N–H and O–H groups in total. The van der Waals surface area contributed by atoms with Gasteiger partial charge in [-0.15, -0.1) is 0 Å². The van der Waals surface area contributed by atoms with Crippen LogP contribution >= 0.6 is 0 Å². The molecule has 0 aliphatic carbocycles. The Bertz CT molecular complexity index is 853. The zero-order valence-electron chi connectivity index (χ0n) is 14.8. The monoisotopic (exact) mass is 374 g/mol. The Kier molecular flexibility index (Phi) is 6.59. The molecule has 0 heterocycles. The van der Waals surface area contributed by atoms with Crippen LogP contribution < -0.4 is 5.32 Å². The molecule has 142 valence electrons. The maximum Gasteiger partial charge on any atom is 0.308 e. The molecule has 27 heavy (non-hydrogen) atoms. The van der Waals surface area contributed by atoms with Crippen LogP contribution in [0.3, 0.4) is 0 Å². The fraction of sp³-hybridized carbons (Fsp3) is 0.263. The van der Waals surface area contributed by atoms with Crippen molar-refractivity contribution in [2.45, 2.75) is 32.4 Å². The Morgan fingerprint density at radius 2 is 1.78 bits per heavy atom. The summed E-state index contributed by atoms with van der Waals surface area (Å²) in [6.07, 6.45) is -0.713. The highest BCUT2D eigenvalue weighted by Crippen LogP contribution is 2.28. The first kappa shape index (κ1) is 20.0. The number of carbonyl (C=O) groups is 2. The Morgan fingerprint density at radius 3 is 2.41 bits per heavy atom. The summed E-state index contributed by atoms with van der Waals surface area (Å²) >= 11 is 0. The lowest BCUT2D eigenvalue weighted by Crippen LogP contribution is -2.32. The number of ether oxygens (including phenoxy) is 1. The molecule has 0 saturated carbocycles. The van der Waals surface area contributed by atoms with Gasteiger partial charge in [-0.1, -0.05) is 30.3 Å². The molecule has 8 heteroatoms. The minimum absolute atomic E-state index is 0.132. The Hall–Kier alpha value is -3.29. The molecule has 0 bridgehead atoms. The molecule has 0 saturated heterocycles.